The van der Waals surface area contributed by atoms with Crippen molar-refractivity contribution in [2.24, 2.45) is 5.73 Å². The lowest BCUT2D eigenvalue weighted by Crippen LogP contribution is -2.49. The molecule has 1 aromatic heterocycles. The van der Waals surface area contributed by atoms with Gasteiger partial charge in [-0.15, -0.1) is 0 Å². The second-order valence-corrected chi connectivity index (χ2v) is 4.43. The summed E-state index contributed by atoms with van der Waals surface area (Å²) in [4.78, 5) is 10.7. The van der Waals surface area contributed by atoms with E-state index >= 15 is 0 Å². The number of hydrogen-bond donors (Lipinski definition) is 1. The average Bonchev–Trinajstić information content (AvgIpc) is 2.38. The van der Waals surface area contributed by atoms with Crippen molar-refractivity contribution in [2.45, 2.75) is 38.3 Å². The summed E-state index contributed by atoms with van der Waals surface area (Å²) in [5, 5.41) is 8.87. The number of nitriles is 1. The summed E-state index contributed by atoms with van der Waals surface area (Å²) in [5.41, 5.74) is 6.21. The molecule has 0 spiro atoms. The highest BCUT2D eigenvalue weighted by atomic mass is 15.3. The molecule has 2 rings (SSSR count). The Balaban J connectivity index is 2.31. The van der Waals surface area contributed by atoms with Crippen LogP contribution in [0.2, 0.25) is 0 Å². The maximum Gasteiger partial charge on any atom is 0.227 e. The second kappa shape index (κ2) is 5.11. The van der Waals surface area contributed by atoms with Gasteiger partial charge in [0.25, 0.3) is 0 Å². The van der Waals surface area contributed by atoms with Gasteiger partial charge in [-0.1, -0.05) is 0 Å². The molecule has 0 aromatic carbocycles. The van der Waals surface area contributed by atoms with E-state index in [1.54, 1.807) is 12.3 Å². The quantitative estimate of drug-likeness (QED) is 0.823. The van der Waals surface area contributed by atoms with E-state index in [1.807, 2.05) is 6.07 Å². The molecule has 0 bridgehead atoms. The summed E-state index contributed by atoms with van der Waals surface area (Å²) < 4.78 is 0. The number of hydrogen-bond acceptors (Lipinski definition) is 5. The Morgan fingerprint density at radius 1 is 1.59 bits per heavy atom. The van der Waals surface area contributed by atoms with Gasteiger partial charge >= 0.3 is 0 Å². The molecule has 5 heteroatoms. The zero-order valence-corrected chi connectivity index (χ0v) is 10.0. The van der Waals surface area contributed by atoms with Crippen molar-refractivity contribution in [2.75, 3.05) is 11.4 Å². The highest BCUT2D eigenvalue weighted by Gasteiger charge is 2.28. The third-order valence-electron chi connectivity index (χ3n) is 3.29. The molecule has 1 aliphatic heterocycles. The first kappa shape index (κ1) is 11.8. The molecule has 1 saturated heterocycles. The van der Waals surface area contributed by atoms with E-state index in [9.17, 15) is 0 Å². The maximum absolute atomic E-state index is 8.87. The Kier molecular flexibility index (Phi) is 3.55. The first-order valence-electron chi connectivity index (χ1n) is 5.97. The number of rotatable bonds is 2. The molecule has 1 aliphatic rings. The number of anilines is 1. The van der Waals surface area contributed by atoms with E-state index in [2.05, 4.69) is 21.8 Å². The van der Waals surface area contributed by atoms with Crippen molar-refractivity contribution >= 4 is 5.95 Å². The molecule has 1 aromatic rings. The van der Waals surface area contributed by atoms with Gasteiger partial charge in [-0.05, 0) is 32.3 Å². The minimum Gasteiger partial charge on any atom is -0.334 e. The van der Waals surface area contributed by atoms with Crippen LogP contribution in [0.3, 0.4) is 0 Å². The standard InChI is InChI=1S/C12H17N5/c1-9-3-2-4-11(8-14)17(9)12-15-6-5-10(7-13)16-12/h5-6,9,11H,2-4,8,14H2,1H3. The molecule has 5 nitrogen and oxygen atoms in total. The normalized spacial score (nSPS) is 24.4. The molecule has 2 N–H and O–H groups in total. The highest BCUT2D eigenvalue weighted by molar-refractivity contribution is 5.37. The molecular formula is C12H17N5. The minimum atomic E-state index is 0.285. The number of piperidine rings is 1. The van der Waals surface area contributed by atoms with Crippen LogP contribution in [0, 0.1) is 11.3 Å². The van der Waals surface area contributed by atoms with E-state index in [0.29, 0.717) is 24.2 Å². The summed E-state index contributed by atoms with van der Waals surface area (Å²) >= 11 is 0. The zero-order valence-electron chi connectivity index (χ0n) is 10.0. The van der Waals surface area contributed by atoms with E-state index in [1.165, 1.54) is 6.42 Å². The van der Waals surface area contributed by atoms with Gasteiger partial charge in [0.2, 0.25) is 5.95 Å². The van der Waals surface area contributed by atoms with Crippen molar-refractivity contribution in [1.82, 2.24) is 9.97 Å². The van der Waals surface area contributed by atoms with Crippen LogP contribution >= 0.6 is 0 Å². The minimum absolute atomic E-state index is 0.285. The van der Waals surface area contributed by atoms with Crippen molar-refractivity contribution in [3.63, 3.8) is 0 Å². The molecule has 1 fully saturated rings. The van der Waals surface area contributed by atoms with Gasteiger partial charge < -0.3 is 10.6 Å². The first-order valence-corrected chi connectivity index (χ1v) is 5.97. The van der Waals surface area contributed by atoms with Crippen molar-refractivity contribution in [3.05, 3.63) is 18.0 Å². The topological polar surface area (TPSA) is 78.8 Å². The van der Waals surface area contributed by atoms with E-state index < -0.39 is 0 Å². The molecule has 0 aliphatic carbocycles. The molecule has 0 radical (unpaired) electrons. The predicted octanol–water partition coefficient (Wildman–Crippen LogP) is 1.05. The fraction of sp³-hybridized carbons (Fsp3) is 0.583. The number of aromatic nitrogens is 2. The summed E-state index contributed by atoms with van der Waals surface area (Å²) in [6, 6.07) is 4.33. The van der Waals surface area contributed by atoms with Crippen LogP contribution in [-0.4, -0.2) is 28.6 Å². The van der Waals surface area contributed by atoms with E-state index in [4.69, 9.17) is 11.0 Å². The highest BCUT2D eigenvalue weighted by Crippen LogP contribution is 2.26. The summed E-state index contributed by atoms with van der Waals surface area (Å²) in [6.45, 7) is 2.76. The van der Waals surface area contributed by atoms with Crippen LogP contribution in [-0.2, 0) is 0 Å². The lowest BCUT2D eigenvalue weighted by Gasteiger charge is -2.40. The first-order chi connectivity index (χ1) is 8.26. The van der Waals surface area contributed by atoms with Crippen LogP contribution in [0.1, 0.15) is 31.9 Å². The number of nitrogens with zero attached hydrogens (tertiary/aromatic N) is 4. The predicted molar refractivity (Wildman–Crippen MR) is 65.4 cm³/mol. The average molecular weight is 231 g/mol. The molecule has 90 valence electrons. The summed E-state index contributed by atoms with van der Waals surface area (Å²) in [6.07, 6.45) is 5.02. The molecule has 2 atom stereocenters. The maximum atomic E-state index is 8.87. The number of nitrogens with two attached hydrogens (primary N) is 1. The SMILES string of the molecule is CC1CCCC(CN)N1c1nccc(C#N)n1. The van der Waals surface area contributed by atoms with Crippen LogP contribution in [0.25, 0.3) is 0 Å². The van der Waals surface area contributed by atoms with Gasteiger partial charge in [-0.25, -0.2) is 9.97 Å². The molecular weight excluding hydrogens is 214 g/mol. The van der Waals surface area contributed by atoms with Crippen LogP contribution in [0.15, 0.2) is 12.3 Å². The van der Waals surface area contributed by atoms with Gasteiger partial charge in [0.1, 0.15) is 11.8 Å². The van der Waals surface area contributed by atoms with Gasteiger partial charge in [-0.2, -0.15) is 5.26 Å². The fourth-order valence-corrected chi connectivity index (χ4v) is 2.41. The van der Waals surface area contributed by atoms with Crippen molar-refractivity contribution < 1.29 is 0 Å². The second-order valence-electron chi connectivity index (χ2n) is 4.43. The van der Waals surface area contributed by atoms with E-state index in [-0.39, 0.29) is 6.04 Å². The van der Waals surface area contributed by atoms with Crippen molar-refractivity contribution in [3.8, 4) is 6.07 Å². The molecule has 2 unspecified atom stereocenters. The Morgan fingerprint density at radius 2 is 2.41 bits per heavy atom. The molecule has 2 heterocycles. The molecule has 0 amide bonds. The van der Waals surface area contributed by atoms with Gasteiger partial charge in [0.15, 0.2) is 0 Å². The van der Waals surface area contributed by atoms with Crippen molar-refractivity contribution in [1.29, 1.82) is 5.26 Å². The smallest absolute Gasteiger partial charge is 0.227 e. The lowest BCUT2D eigenvalue weighted by atomic mass is 9.97. The van der Waals surface area contributed by atoms with Gasteiger partial charge in [0, 0.05) is 24.8 Å². The largest absolute Gasteiger partial charge is 0.334 e. The van der Waals surface area contributed by atoms with Crippen LogP contribution in [0.5, 0.6) is 0 Å². The fourth-order valence-electron chi connectivity index (χ4n) is 2.41. The van der Waals surface area contributed by atoms with Crippen LogP contribution < -0.4 is 10.6 Å². The van der Waals surface area contributed by atoms with E-state index in [0.717, 1.165) is 12.8 Å². The zero-order chi connectivity index (χ0) is 12.3. The monoisotopic (exact) mass is 231 g/mol. The Labute approximate surface area is 101 Å². The summed E-state index contributed by atoms with van der Waals surface area (Å²) in [5.74, 6) is 0.631. The molecule has 0 saturated carbocycles. The Morgan fingerprint density at radius 3 is 3.12 bits per heavy atom. The van der Waals surface area contributed by atoms with Gasteiger partial charge in [0.05, 0.1) is 0 Å². The Hall–Kier alpha value is -1.67. The lowest BCUT2D eigenvalue weighted by molar-refractivity contribution is 0.394. The van der Waals surface area contributed by atoms with Crippen LogP contribution in [0.4, 0.5) is 5.95 Å². The third kappa shape index (κ3) is 2.37. The molecule has 17 heavy (non-hydrogen) atoms. The van der Waals surface area contributed by atoms with Gasteiger partial charge in [-0.3, -0.25) is 0 Å². The Bertz CT molecular complexity index is 425. The third-order valence-corrected chi connectivity index (χ3v) is 3.29. The summed E-state index contributed by atoms with van der Waals surface area (Å²) in [7, 11) is 0.